The highest BCUT2D eigenvalue weighted by Gasteiger charge is 2.22. The number of nitrogens with two attached hydrogens (primary N) is 1. The van der Waals surface area contributed by atoms with Crippen molar-refractivity contribution in [1.82, 2.24) is 9.88 Å². The minimum absolute atomic E-state index is 0.487. The summed E-state index contributed by atoms with van der Waals surface area (Å²) < 4.78 is 0. The second-order valence-electron chi connectivity index (χ2n) is 4.16. The average Bonchev–Trinajstić information content (AvgIpc) is 2.76. The molecule has 84 valence electrons. The van der Waals surface area contributed by atoms with Crippen molar-refractivity contribution in [2.45, 2.75) is 25.4 Å². The summed E-state index contributed by atoms with van der Waals surface area (Å²) in [6.45, 7) is 2.70. The van der Waals surface area contributed by atoms with Crippen molar-refractivity contribution in [2.24, 2.45) is 5.73 Å². The van der Waals surface area contributed by atoms with Gasteiger partial charge < -0.3 is 5.73 Å². The van der Waals surface area contributed by atoms with Crippen molar-refractivity contribution in [3.05, 3.63) is 29.6 Å². The lowest BCUT2D eigenvalue weighted by molar-refractivity contribution is 0.250. The van der Waals surface area contributed by atoms with E-state index in [0.717, 1.165) is 25.2 Å². The summed E-state index contributed by atoms with van der Waals surface area (Å²) >= 11 is 0. The Balaban J connectivity index is 2.06. The van der Waals surface area contributed by atoms with E-state index in [0.29, 0.717) is 11.7 Å². The number of likely N-dealkylation sites (tertiary alicyclic amines) is 1. The van der Waals surface area contributed by atoms with E-state index in [4.69, 9.17) is 11.0 Å². The molecule has 0 saturated carbocycles. The molecule has 1 aromatic heterocycles. The van der Waals surface area contributed by atoms with Gasteiger partial charge in [0, 0.05) is 25.3 Å². The van der Waals surface area contributed by atoms with Gasteiger partial charge in [0.15, 0.2) is 0 Å². The second kappa shape index (κ2) is 5.06. The number of nitriles is 1. The van der Waals surface area contributed by atoms with Crippen LogP contribution in [-0.4, -0.2) is 29.0 Å². The Bertz CT molecular complexity index is 396. The van der Waals surface area contributed by atoms with Crippen LogP contribution in [0.15, 0.2) is 18.3 Å². The van der Waals surface area contributed by atoms with Gasteiger partial charge in [-0.3, -0.25) is 4.90 Å². The van der Waals surface area contributed by atoms with Gasteiger partial charge in [-0.05, 0) is 37.1 Å². The van der Waals surface area contributed by atoms with E-state index in [1.54, 1.807) is 6.20 Å². The fraction of sp³-hybridized carbons (Fsp3) is 0.500. The van der Waals surface area contributed by atoms with Crippen LogP contribution in [0.4, 0.5) is 0 Å². The van der Waals surface area contributed by atoms with Crippen LogP contribution in [0.1, 0.15) is 24.1 Å². The minimum atomic E-state index is 0.487. The lowest BCUT2D eigenvalue weighted by atomic mass is 10.2. The molecule has 0 aliphatic carbocycles. The molecular weight excluding hydrogens is 200 g/mol. The van der Waals surface area contributed by atoms with E-state index in [1.165, 1.54) is 12.8 Å². The van der Waals surface area contributed by atoms with Gasteiger partial charge in [0.25, 0.3) is 0 Å². The average molecular weight is 216 g/mol. The summed E-state index contributed by atoms with van der Waals surface area (Å²) in [5.41, 5.74) is 7.36. The maximum Gasteiger partial charge on any atom is 0.140 e. The first-order valence-corrected chi connectivity index (χ1v) is 5.62. The van der Waals surface area contributed by atoms with E-state index in [9.17, 15) is 0 Å². The normalized spacial score (nSPS) is 20.9. The molecule has 1 unspecified atom stereocenters. The molecule has 1 aromatic rings. The van der Waals surface area contributed by atoms with Crippen molar-refractivity contribution in [3.8, 4) is 6.07 Å². The Morgan fingerprint density at radius 2 is 2.50 bits per heavy atom. The van der Waals surface area contributed by atoms with E-state index in [1.807, 2.05) is 12.1 Å². The third-order valence-corrected chi connectivity index (χ3v) is 3.10. The Morgan fingerprint density at radius 3 is 3.25 bits per heavy atom. The summed E-state index contributed by atoms with van der Waals surface area (Å²) in [7, 11) is 0. The van der Waals surface area contributed by atoms with Crippen LogP contribution in [0, 0.1) is 11.3 Å². The molecule has 0 bridgehead atoms. The van der Waals surface area contributed by atoms with Gasteiger partial charge in [0.05, 0.1) is 0 Å². The first kappa shape index (κ1) is 11.1. The maximum absolute atomic E-state index is 8.77. The minimum Gasteiger partial charge on any atom is -0.329 e. The van der Waals surface area contributed by atoms with Crippen molar-refractivity contribution in [1.29, 1.82) is 5.26 Å². The van der Waals surface area contributed by atoms with Gasteiger partial charge in [0.1, 0.15) is 11.8 Å². The predicted molar refractivity (Wildman–Crippen MR) is 61.4 cm³/mol. The third-order valence-electron chi connectivity index (χ3n) is 3.10. The molecule has 2 N–H and O–H groups in total. The molecule has 0 spiro atoms. The van der Waals surface area contributed by atoms with Crippen LogP contribution >= 0.6 is 0 Å². The molecule has 1 atom stereocenters. The number of nitrogens with zero attached hydrogens (tertiary/aromatic N) is 3. The zero-order valence-corrected chi connectivity index (χ0v) is 9.26. The van der Waals surface area contributed by atoms with Crippen LogP contribution in [0.25, 0.3) is 0 Å². The number of aromatic nitrogens is 1. The molecule has 16 heavy (non-hydrogen) atoms. The number of rotatable bonds is 3. The number of hydrogen-bond acceptors (Lipinski definition) is 4. The highest BCUT2D eigenvalue weighted by molar-refractivity contribution is 5.25. The SMILES string of the molecule is N#Cc1cc(CN2CCCC2CN)ccn1. The summed E-state index contributed by atoms with van der Waals surface area (Å²) in [6, 6.07) is 6.38. The molecular formula is C12H16N4. The fourth-order valence-electron chi connectivity index (χ4n) is 2.24. The Morgan fingerprint density at radius 1 is 1.62 bits per heavy atom. The molecule has 4 heteroatoms. The van der Waals surface area contributed by atoms with Crippen molar-refractivity contribution in [2.75, 3.05) is 13.1 Å². The van der Waals surface area contributed by atoms with Gasteiger partial charge in [-0.1, -0.05) is 0 Å². The largest absolute Gasteiger partial charge is 0.329 e. The summed E-state index contributed by atoms with van der Waals surface area (Å²) in [6.07, 6.45) is 4.10. The molecule has 2 heterocycles. The van der Waals surface area contributed by atoms with Crippen LogP contribution in [0.5, 0.6) is 0 Å². The third kappa shape index (κ3) is 2.38. The lowest BCUT2D eigenvalue weighted by Gasteiger charge is -2.22. The summed E-state index contributed by atoms with van der Waals surface area (Å²) in [5.74, 6) is 0. The van der Waals surface area contributed by atoms with E-state index in [-0.39, 0.29) is 0 Å². The summed E-state index contributed by atoms with van der Waals surface area (Å²) in [5, 5.41) is 8.77. The molecule has 0 aromatic carbocycles. The topological polar surface area (TPSA) is 65.9 Å². The van der Waals surface area contributed by atoms with Crippen molar-refractivity contribution in [3.63, 3.8) is 0 Å². The molecule has 1 saturated heterocycles. The highest BCUT2D eigenvalue weighted by Crippen LogP contribution is 2.19. The molecule has 1 fully saturated rings. The highest BCUT2D eigenvalue weighted by atomic mass is 15.2. The number of hydrogen-bond donors (Lipinski definition) is 1. The monoisotopic (exact) mass is 216 g/mol. The smallest absolute Gasteiger partial charge is 0.140 e. The van der Waals surface area contributed by atoms with Crippen LogP contribution in [0.3, 0.4) is 0 Å². The second-order valence-corrected chi connectivity index (χ2v) is 4.16. The molecule has 4 nitrogen and oxygen atoms in total. The van der Waals surface area contributed by atoms with E-state index >= 15 is 0 Å². The lowest BCUT2D eigenvalue weighted by Crippen LogP contribution is -2.34. The van der Waals surface area contributed by atoms with Gasteiger partial charge in [-0.15, -0.1) is 0 Å². The van der Waals surface area contributed by atoms with Gasteiger partial charge in [-0.2, -0.15) is 5.26 Å². The standard InChI is InChI=1S/C12H16N4/c13-7-11-6-10(3-4-15-11)9-16-5-1-2-12(16)8-14/h3-4,6,12H,1-2,5,8-9,14H2. The first-order valence-electron chi connectivity index (χ1n) is 5.62. The Kier molecular flexibility index (Phi) is 3.50. The van der Waals surface area contributed by atoms with Crippen molar-refractivity contribution >= 4 is 0 Å². The van der Waals surface area contributed by atoms with Gasteiger partial charge in [0.2, 0.25) is 0 Å². The first-order chi connectivity index (χ1) is 7.83. The van der Waals surface area contributed by atoms with E-state index in [2.05, 4.69) is 16.0 Å². The van der Waals surface area contributed by atoms with E-state index < -0.39 is 0 Å². The molecule has 0 radical (unpaired) electrons. The number of pyridine rings is 1. The predicted octanol–water partition coefficient (Wildman–Crippen LogP) is 0.876. The van der Waals surface area contributed by atoms with Crippen LogP contribution < -0.4 is 5.73 Å². The Labute approximate surface area is 95.7 Å². The maximum atomic E-state index is 8.77. The molecule has 0 amide bonds. The molecule has 2 rings (SSSR count). The van der Waals surface area contributed by atoms with Crippen LogP contribution in [0.2, 0.25) is 0 Å². The quantitative estimate of drug-likeness (QED) is 0.814. The van der Waals surface area contributed by atoms with Crippen LogP contribution in [-0.2, 0) is 6.54 Å². The zero-order chi connectivity index (χ0) is 11.4. The summed E-state index contributed by atoms with van der Waals surface area (Å²) in [4.78, 5) is 6.35. The van der Waals surface area contributed by atoms with Gasteiger partial charge >= 0.3 is 0 Å². The van der Waals surface area contributed by atoms with Crippen molar-refractivity contribution < 1.29 is 0 Å². The Hall–Kier alpha value is -1.44. The molecule has 1 aliphatic heterocycles. The zero-order valence-electron chi connectivity index (χ0n) is 9.26. The van der Waals surface area contributed by atoms with Gasteiger partial charge in [-0.25, -0.2) is 4.98 Å². The fourth-order valence-corrected chi connectivity index (χ4v) is 2.24. The molecule has 1 aliphatic rings.